The Labute approximate surface area is 175 Å². The van der Waals surface area contributed by atoms with Crippen molar-refractivity contribution in [1.82, 2.24) is 25.1 Å². The molecule has 0 atom stereocenters. The molecule has 0 bridgehead atoms. The summed E-state index contributed by atoms with van der Waals surface area (Å²) in [5.74, 6) is 1.66. The molecule has 2 N–H and O–H groups in total. The number of hydrogen-bond acceptors (Lipinski definition) is 6. The Hall–Kier alpha value is -3.46. The molecule has 30 heavy (non-hydrogen) atoms. The topological polar surface area (TPSA) is 97.2 Å². The summed E-state index contributed by atoms with van der Waals surface area (Å²) in [6, 6.07) is 11.2. The van der Waals surface area contributed by atoms with E-state index >= 15 is 0 Å². The van der Waals surface area contributed by atoms with Gasteiger partial charge in [-0.2, -0.15) is 0 Å². The van der Waals surface area contributed by atoms with Crippen molar-refractivity contribution in [3.63, 3.8) is 0 Å². The Balaban J connectivity index is 1.40. The predicted octanol–water partition coefficient (Wildman–Crippen LogP) is 2.52. The minimum absolute atomic E-state index is 0.277. The van der Waals surface area contributed by atoms with Crippen LogP contribution in [0.25, 0.3) is 11.4 Å². The molecule has 0 spiro atoms. The lowest BCUT2D eigenvalue weighted by Crippen LogP contribution is -2.38. The minimum atomic E-state index is -0.277. The number of carbonyl (C=O) groups excluding carboxylic acids is 1. The van der Waals surface area contributed by atoms with Gasteiger partial charge in [0.2, 0.25) is 0 Å². The van der Waals surface area contributed by atoms with Gasteiger partial charge in [-0.25, -0.2) is 9.78 Å². The van der Waals surface area contributed by atoms with Crippen LogP contribution >= 0.6 is 0 Å². The molecule has 0 unspecified atom stereocenters. The third-order valence-electron chi connectivity index (χ3n) is 4.95. The molecule has 2 aromatic heterocycles. The lowest BCUT2D eigenvalue weighted by molar-refractivity contribution is 0.122. The van der Waals surface area contributed by atoms with E-state index in [9.17, 15) is 4.79 Å². The molecule has 0 radical (unpaired) electrons. The maximum atomic E-state index is 12.5. The van der Waals surface area contributed by atoms with E-state index in [2.05, 4.69) is 30.7 Å². The van der Waals surface area contributed by atoms with Crippen LogP contribution in [0.1, 0.15) is 12.5 Å². The third-order valence-corrected chi connectivity index (χ3v) is 4.95. The number of aromatic nitrogens is 4. The standard InChI is InChI=1S/C21H25N7O2/c1-2-27-15-24-26-20(27)16-5-3-7-18(13-16)25-21(29)23-14-17-6-4-8-22-19(17)28-9-11-30-12-10-28/h3-8,13,15H,2,9-12,14H2,1H3,(H2,23,25,29). The number of nitrogens with zero attached hydrogens (tertiary/aromatic N) is 5. The number of aryl methyl sites for hydroxylation is 1. The first-order valence-electron chi connectivity index (χ1n) is 10.0. The van der Waals surface area contributed by atoms with Crippen molar-refractivity contribution >= 4 is 17.5 Å². The summed E-state index contributed by atoms with van der Waals surface area (Å²) < 4.78 is 7.37. The smallest absolute Gasteiger partial charge is 0.319 e. The SMILES string of the molecule is CCn1cnnc1-c1cccc(NC(=O)NCc2cccnc2N2CCOCC2)c1. The zero-order valence-corrected chi connectivity index (χ0v) is 16.9. The zero-order valence-electron chi connectivity index (χ0n) is 16.9. The van der Waals surface area contributed by atoms with Crippen molar-refractivity contribution in [1.29, 1.82) is 0 Å². The van der Waals surface area contributed by atoms with Gasteiger partial charge in [-0.15, -0.1) is 10.2 Å². The van der Waals surface area contributed by atoms with Gasteiger partial charge in [-0.05, 0) is 25.1 Å². The van der Waals surface area contributed by atoms with Crippen molar-refractivity contribution < 1.29 is 9.53 Å². The number of morpholine rings is 1. The molecule has 1 fully saturated rings. The van der Waals surface area contributed by atoms with E-state index < -0.39 is 0 Å². The summed E-state index contributed by atoms with van der Waals surface area (Å²) in [4.78, 5) is 19.2. The highest BCUT2D eigenvalue weighted by Crippen LogP contribution is 2.21. The quantitative estimate of drug-likeness (QED) is 0.652. The first-order valence-corrected chi connectivity index (χ1v) is 10.0. The molecular weight excluding hydrogens is 382 g/mol. The van der Waals surface area contributed by atoms with Gasteiger partial charge in [0.25, 0.3) is 0 Å². The van der Waals surface area contributed by atoms with Crippen LogP contribution in [0.2, 0.25) is 0 Å². The molecule has 0 saturated carbocycles. The van der Waals surface area contributed by atoms with E-state index in [0.717, 1.165) is 42.4 Å². The van der Waals surface area contributed by atoms with Crippen LogP contribution in [0.4, 0.5) is 16.3 Å². The molecule has 2 amide bonds. The second-order valence-electron chi connectivity index (χ2n) is 6.91. The van der Waals surface area contributed by atoms with Crippen LogP contribution in [-0.2, 0) is 17.8 Å². The number of urea groups is 1. The summed E-state index contributed by atoms with van der Waals surface area (Å²) in [5, 5.41) is 13.9. The maximum absolute atomic E-state index is 12.5. The number of hydrogen-bond donors (Lipinski definition) is 2. The molecule has 4 rings (SSSR count). The van der Waals surface area contributed by atoms with Gasteiger partial charge in [-0.1, -0.05) is 18.2 Å². The highest BCUT2D eigenvalue weighted by molar-refractivity contribution is 5.90. The molecule has 1 saturated heterocycles. The monoisotopic (exact) mass is 407 g/mol. The molecule has 9 heteroatoms. The third kappa shape index (κ3) is 4.57. The summed E-state index contributed by atoms with van der Waals surface area (Å²) in [6.07, 6.45) is 3.47. The Bertz CT molecular complexity index is 998. The lowest BCUT2D eigenvalue weighted by atomic mass is 10.2. The fourth-order valence-corrected chi connectivity index (χ4v) is 3.42. The van der Waals surface area contributed by atoms with E-state index in [-0.39, 0.29) is 6.03 Å². The fourth-order valence-electron chi connectivity index (χ4n) is 3.42. The number of ether oxygens (including phenoxy) is 1. The van der Waals surface area contributed by atoms with Crippen LogP contribution in [0.5, 0.6) is 0 Å². The summed E-state index contributed by atoms with van der Waals surface area (Å²) in [6.45, 7) is 6.16. The average Bonchev–Trinajstić information content (AvgIpc) is 3.28. The Morgan fingerprint density at radius 1 is 1.20 bits per heavy atom. The average molecular weight is 407 g/mol. The molecule has 3 aromatic rings. The van der Waals surface area contributed by atoms with E-state index in [0.29, 0.717) is 25.4 Å². The fraction of sp³-hybridized carbons (Fsp3) is 0.333. The number of amides is 2. The number of benzene rings is 1. The number of rotatable bonds is 6. The number of pyridine rings is 1. The van der Waals surface area contributed by atoms with Crippen molar-refractivity contribution in [3.05, 3.63) is 54.5 Å². The zero-order chi connectivity index (χ0) is 20.8. The highest BCUT2D eigenvalue weighted by atomic mass is 16.5. The van der Waals surface area contributed by atoms with Crippen molar-refractivity contribution in [3.8, 4) is 11.4 Å². The second kappa shape index (κ2) is 9.36. The number of anilines is 2. The largest absolute Gasteiger partial charge is 0.378 e. The normalized spacial score (nSPS) is 13.8. The van der Waals surface area contributed by atoms with Gasteiger partial charge in [0.05, 0.1) is 13.2 Å². The number of nitrogens with one attached hydrogen (secondary N) is 2. The van der Waals surface area contributed by atoms with Crippen molar-refractivity contribution in [2.75, 3.05) is 36.5 Å². The molecule has 1 aliphatic rings. The van der Waals surface area contributed by atoms with Gasteiger partial charge in [0.15, 0.2) is 5.82 Å². The Kier molecular flexibility index (Phi) is 6.19. The first-order chi connectivity index (χ1) is 14.7. The van der Waals surface area contributed by atoms with Gasteiger partial charge >= 0.3 is 6.03 Å². The van der Waals surface area contributed by atoms with Crippen LogP contribution < -0.4 is 15.5 Å². The Morgan fingerprint density at radius 2 is 2.07 bits per heavy atom. The van der Waals surface area contributed by atoms with Gasteiger partial charge in [0.1, 0.15) is 12.1 Å². The second-order valence-corrected chi connectivity index (χ2v) is 6.91. The molecule has 0 aliphatic carbocycles. The number of carbonyl (C=O) groups is 1. The van der Waals surface area contributed by atoms with Crippen LogP contribution in [0.15, 0.2) is 48.9 Å². The van der Waals surface area contributed by atoms with Gasteiger partial charge in [0, 0.05) is 49.2 Å². The molecule has 1 aromatic carbocycles. The molecule has 3 heterocycles. The van der Waals surface area contributed by atoms with E-state index in [1.165, 1.54) is 0 Å². The van der Waals surface area contributed by atoms with Crippen molar-refractivity contribution in [2.45, 2.75) is 20.0 Å². The summed E-state index contributed by atoms with van der Waals surface area (Å²) >= 11 is 0. The molecule has 1 aliphatic heterocycles. The summed E-state index contributed by atoms with van der Waals surface area (Å²) in [7, 11) is 0. The van der Waals surface area contributed by atoms with E-state index in [1.54, 1.807) is 12.5 Å². The van der Waals surface area contributed by atoms with E-state index in [4.69, 9.17) is 4.74 Å². The molecule has 9 nitrogen and oxygen atoms in total. The van der Waals surface area contributed by atoms with Crippen LogP contribution in [0, 0.1) is 0 Å². The lowest BCUT2D eigenvalue weighted by Gasteiger charge is -2.29. The van der Waals surface area contributed by atoms with Crippen LogP contribution in [-0.4, -0.2) is 52.1 Å². The van der Waals surface area contributed by atoms with Crippen molar-refractivity contribution in [2.24, 2.45) is 0 Å². The van der Waals surface area contributed by atoms with Crippen LogP contribution in [0.3, 0.4) is 0 Å². The van der Waals surface area contributed by atoms with Gasteiger partial charge in [-0.3, -0.25) is 0 Å². The van der Waals surface area contributed by atoms with E-state index in [1.807, 2.05) is 47.9 Å². The predicted molar refractivity (Wildman–Crippen MR) is 114 cm³/mol. The Morgan fingerprint density at radius 3 is 2.90 bits per heavy atom. The minimum Gasteiger partial charge on any atom is -0.378 e. The molecular formula is C21H25N7O2. The first kappa shape index (κ1) is 19.8. The molecule has 156 valence electrons. The summed E-state index contributed by atoms with van der Waals surface area (Å²) in [5.41, 5.74) is 2.56. The maximum Gasteiger partial charge on any atom is 0.319 e. The van der Waals surface area contributed by atoms with Gasteiger partial charge < -0.3 is 24.8 Å². The highest BCUT2D eigenvalue weighted by Gasteiger charge is 2.16.